The minimum Gasteiger partial charge on any atom is -0.461 e. The summed E-state index contributed by atoms with van der Waals surface area (Å²) in [5.41, 5.74) is -1.56. The van der Waals surface area contributed by atoms with Crippen LogP contribution in [0.4, 0.5) is 0 Å². The van der Waals surface area contributed by atoms with Gasteiger partial charge in [-0.3, -0.25) is 4.79 Å². The highest BCUT2D eigenvalue weighted by Crippen LogP contribution is 2.76. The molecule has 5 aliphatic rings. The summed E-state index contributed by atoms with van der Waals surface area (Å²) in [5, 5.41) is 37.3. The second kappa shape index (κ2) is 10.4. The lowest BCUT2D eigenvalue weighted by Gasteiger charge is -2.70. The second-order valence-corrected chi connectivity index (χ2v) is 17.4. The first-order chi connectivity index (χ1) is 18.9. The first-order valence-electron chi connectivity index (χ1n) is 16.9. The lowest BCUT2D eigenvalue weighted by molar-refractivity contribution is -0.249. The van der Waals surface area contributed by atoms with Gasteiger partial charge in [-0.25, -0.2) is 0 Å². The molecule has 4 N–H and O–H groups in total. The standard InChI is InChI=1S/C35H61NO5/c1-30(2,39)15-10-16-35(8,40)22-12-18-34(7)28(22)24(37)21-26-32(5)17-14-27(41-29(38)23-11-9-20-36-23)31(3,4)25(32)13-19-33(26,34)6/h22-28,36-37,39-40H,9-21H2,1-8H3/t22-,23-,24+,25-,26+,27-,28-,32-,33+,34+,35+/m0/s1. The quantitative estimate of drug-likeness (QED) is 0.278. The van der Waals surface area contributed by atoms with E-state index in [1.807, 2.05) is 20.8 Å². The Balaban J connectivity index is 1.36. The van der Waals surface area contributed by atoms with Crippen LogP contribution in [-0.4, -0.2) is 57.3 Å². The Morgan fingerprint density at radius 2 is 1.59 bits per heavy atom. The number of hydrogen-bond acceptors (Lipinski definition) is 6. The van der Waals surface area contributed by atoms with Crippen molar-refractivity contribution in [3.63, 3.8) is 0 Å². The van der Waals surface area contributed by atoms with E-state index in [2.05, 4.69) is 39.9 Å². The predicted molar refractivity (Wildman–Crippen MR) is 162 cm³/mol. The maximum atomic E-state index is 13.0. The summed E-state index contributed by atoms with van der Waals surface area (Å²) in [4.78, 5) is 13.0. The highest BCUT2D eigenvalue weighted by atomic mass is 16.5. The molecular weight excluding hydrogens is 514 g/mol. The van der Waals surface area contributed by atoms with Crippen LogP contribution in [0.2, 0.25) is 0 Å². The summed E-state index contributed by atoms with van der Waals surface area (Å²) in [6.07, 6.45) is 10.5. The van der Waals surface area contributed by atoms with Gasteiger partial charge in [0.05, 0.1) is 17.3 Å². The van der Waals surface area contributed by atoms with Crippen molar-refractivity contribution in [3.05, 3.63) is 0 Å². The molecule has 0 aromatic rings. The third kappa shape index (κ3) is 5.13. The van der Waals surface area contributed by atoms with Gasteiger partial charge in [-0.2, -0.15) is 0 Å². The molecule has 11 atom stereocenters. The molecule has 0 amide bonds. The number of fused-ring (bicyclic) bond motifs is 5. The number of carbonyl (C=O) groups excluding carboxylic acids is 1. The van der Waals surface area contributed by atoms with E-state index in [-0.39, 0.29) is 51.6 Å². The Bertz CT molecular complexity index is 982. The van der Waals surface area contributed by atoms with E-state index in [0.717, 1.165) is 70.8 Å². The van der Waals surface area contributed by atoms with Gasteiger partial charge in [-0.05, 0) is 144 Å². The molecular formula is C35H61NO5. The third-order valence-corrected chi connectivity index (χ3v) is 14.2. The van der Waals surface area contributed by atoms with E-state index in [9.17, 15) is 20.1 Å². The fraction of sp³-hybridized carbons (Fsp3) is 0.971. The highest BCUT2D eigenvalue weighted by Gasteiger charge is 2.71. The van der Waals surface area contributed by atoms with Crippen LogP contribution in [-0.2, 0) is 9.53 Å². The molecule has 4 aliphatic carbocycles. The van der Waals surface area contributed by atoms with Crippen molar-refractivity contribution >= 4 is 5.97 Å². The van der Waals surface area contributed by atoms with Crippen LogP contribution in [0.5, 0.6) is 0 Å². The molecule has 1 aliphatic heterocycles. The zero-order valence-electron chi connectivity index (χ0n) is 27.4. The zero-order chi connectivity index (χ0) is 30.2. The molecule has 5 rings (SSSR count). The van der Waals surface area contributed by atoms with Crippen LogP contribution in [0, 0.1) is 45.3 Å². The van der Waals surface area contributed by atoms with Gasteiger partial charge in [-0.15, -0.1) is 0 Å². The van der Waals surface area contributed by atoms with Crippen LogP contribution >= 0.6 is 0 Å². The Kier molecular flexibility index (Phi) is 8.08. The van der Waals surface area contributed by atoms with Gasteiger partial charge in [0, 0.05) is 5.41 Å². The number of hydrogen-bond donors (Lipinski definition) is 4. The molecule has 1 saturated heterocycles. The fourth-order valence-corrected chi connectivity index (χ4v) is 11.8. The van der Waals surface area contributed by atoms with Gasteiger partial charge in [0.25, 0.3) is 0 Å². The molecule has 6 heteroatoms. The highest BCUT2D eigenvalue weighted by molar-refractivity contribution is 5.76. The van der Waals surface area contributed by atoms with Crippen molar-refractivity contribution < 1.29 is 24.9 Å². The molecule has 1 heterocycles. The number of esters is 1. The molecule has 0 bridgehead atoms. The smallest absolute Gasteiger partial charge is 0.323 e. The average molecular weight is 576 g/mol. The summed E-state index contributed by atoms with van der Waals surface area (Å²) in [6.45, 7) is 18.7. The summed E-state index contributed by atoms with van der Waals surface area (Å²) < 4.78 is 6.27. The lowest BCUT2D eigenvalue weighted by atomic mass is 9.35. The largest absolute Gasteiger partial charge is 0.461 e. The summed E-state index contributed by atoms with van der Waals surface area (Å²) in [5.74, 6) is 0.926. The number of nitrogens with one attached hydrogen (secondary N) is 1. The number of ether oxygens (including phenoxy) is 1. The van der Waals surface area contributed by atoms with Crippen molar-refractivity contribution in [1.29, 1.82) is 0 Å². The van der Waals surface area contributed by atoms with Crippen molar-refractivity contribution in [3.8, 4) is 0 Å². The number of aliphatic hydroxyl groups is 3. The van der Waals surface area contributed by atoms with E-state index < -0.39 is 17.3 Å². The van der Waals surface area contributed by atoms with Gasteiger partial charge < -0.3 is 25.4 Å². The Hall–Kier alpha value is -0.690. The second-order valence-electron chi connectivity index (χ2n) is 17.4. The number of carbonyl (C=O) groups is 1. The minimum atomic E-state index is -0.850. The van der Waals surface area contributed by atoms with Gasteiger partial charge in [0.1, 0.15) is 12.1 Å². The topological polar surface area (TPSA) is 99.0 Å². The molecule has 0 unspecified atom stereocenters. The number of rotatable bonds is 7. The average Bonchev–Trinajstić information content (AvgIpc) is 3.51. The van der Waals surface area contributed by atoms with Crippen molar-refractivity contribution in [1.82, 2.24) is 5.32 Å². The molecule has 0 aromatic carbocycles. The van der Waals surface area contributed by atoms with Gasteiger partial charge in [0.2, 0.25) is 0 Å². The number of aliphatic hydroxyl groups excluding tert-OH is 1. The molecule has 0 radical (unpaired) electrons. The molecule has 41 heavy (non-hydrogen) atoms. The van der Waals surface area contributed by atoms with E-state index >= 15 is 0 Å². The van der Waals surface area contributed by atoms with Crippen LogP contribution < -0.4 is 5.32 Å². The van der Waals surface area contributed by atoms with E-state index in [1.165, 1.54) is 0 Å². The van der Waals surface area contributed by atoms with Crippen LogP contribution in [0.3, 0.4) is 0 Å². The van der Waals surface area contributed by atoms with Gasteiger partial charge >= 0.3 is 5.97 Å². The maximum Gasteiger partial charge on any atom is 0.323 e. The Labute approximate surface area is 249 Å². The zero-order valence-corrected chi connectivity index (χ0v) is 27.4. The third-order valence-electron chi connectivity index (χ3n) is 14.2. The lowest BCUT2D eigenvalue weighted by Crippen LogP contribution is -2.66. The SMILES string of the molecule is CC(C)(O)CCC[C@@](C)(O)[C@H]1CC[C@]2(C)[C@@H]1[C@H](O)C[C@@H]1[C@@]3(C)CC[C@H](OC(=O)[C@@H]4CCCN4)C(C)(C)[C@@H]3CC[C@]12C. The molecule has 6 nitrogen and oxygen atoms in total. The van der Waals surface area contributed by atoms with Crippen molar-refractivity contribution in [2.24, 2.45) is 45.3 Å². The Morgan fingerprint density at radius 1 is 0.902 bits per heavy atom. The van der Waals surface area contributed by atoms with E-state index in [4.69, 9.17) is 4.74 Å². The van der Waals surface area contributed by atoms with Gasteiger partial charge in [-0.1, -0.05) is 34.6 Å². The summed E-state index contributed by atoms with van der Waals surface area (Å²) in [6, 6.07) is -0.151. The van der Waals surface area contributed by atoms with Crippen molar-refractivity contribution in [2.75, 3.05) is 6.54 Å². The maximum absolute atomic E-state index is 13.0. The fourth-order valence-electron chi connectivity index (χ4n) is 11.8. The molecule has 0 aromatic heterocycles. The Morgan fingerprint density at radius 3 is 2.22 bits per heavy atom. The molecule has 236 valence electrons. The monoisotopic (exact) mass is 575 g/mol. The normalized spacial score (nSPS) is 47.1. The van der Waals surface area contributed by atoms with Crippen LogP contribution in [0.15, 0.2) is 0 Å². The van der Waals surface area contributed by atoms with E-state index in [0.29, 0.717) is 24.7 Å². The van der Waals surface area contributed by atoms with Crippen LogP contribution in [0.25, 0.3) is 0 Å². The van der Waals surface area contributed by atoms with Gasteiger partial charge in [0.15, 0.2) is 0 Å². The summed E-state index contributed by atoms with van der Waals surface area (Å²) >= 11 is 0. The van der Waals surface area contributed by atoms with Crippen molar-refractivity contribution in [2.45, 2.75) is 162 Å². The first kappa shape index (κ1) is 31.7. The summed E-state index contributed by atoms with van der Waals surface area (Å²) in [7, 11) is 0. The predicted octanol–water partition coefficient (Wildman–Crippen LogP) is 6.00. The molecule has 5 fully saturated rings. The van der Waals surface area contributed by atoms with E-state index in [1.54, 1.807) is 0 Å². The first-order valence-corrected chi connectivity index (χ1v) is 16.9. The minimum absolute atomic E-state index is 0.0319. The molecule has 4 saturated carbocycles. The van der Waals surface area contributed by atoms with Crippen LogP contribution in [0.1, 0.15) is 132 Å². The molecule has 0 spiro atoms.